The summed E-state index contributed by atoms with van der Waals surface area (Å²) < 4.78 is 15.0. The molecule has 0 bridgehead atoms. The maximum Gasteiger partial charge on any atom is 0.193 e. The molecule has 144 valence electrons. The number of halogens is 1. The summed E-state index contributed by atoms with van der Waals surface area (Å²) in [5.74, 6) is -0.00780. The highest BCUT2D eigenvalue weighted by Gasteiger charge is 2.70. The van der Waals surface area contributed by atoms with Crippen LogP contribution in [0.2, 0.25) is 0 Å². The normalized spacial score (nSPS) is 50.5. The quantitative estimate of drug-likeness (QED) is 0.790. The zero-order chi connectivity index (χ0) is 18.9. The van der Waals surface area contributed by atoms with E-state index in [2.05, 4.69) is 6.92 Å². The molecule has 7 atom stereocenters. The molecule has 4 rings (SSSR count). The van der Waals surface area contributed by atoms with E-state index in [1.807, 2.05) is 13.0 Å². The van der Waals surface area contributed by atoms with E-state index in [4.69, 9.17) is 0 Å². The number of rotatable bonds is 2. The fourth-order valence-corrected chi connectivity index (χ4v) is 7.15. The van der Waals surface area contributed by atoms with Crippen molar-refractivity contribution in [1.29, 1.82) is 0 Å². The largest absolute Gasteiger partial charge is 0.388 e. The van der Waals surface area contributed by atoms with E-state index in [1.54, 1.807) is 0 Å². The minimum absolute atomic E-state index is 0.0222. The number of fused-ring (bicyclic) bond motifs is 5. The number of Topliss-reactive ketones (excluding diaryl/α,β-unsaturated/α-hetero) is 1. The second kappa shape index (κ2) is 5.71. The number of carbonyl (C=O) groups excluding carboxylic acids is 2. The lowest BCUT2D eigenvalue weighted by Gasteiger charge is -2.58. The van der Waals surface area contributed by atoms with Crippen LogP contribution in [0.4, 0.5) is 4.39 Å². The molecular formula is C21H29FO4. The molecule has 0 aliphatic heterocycles. The minimum atomic E-state index is -2.07. The Labute approximate surface area is 153 Å². The Bertz CT molecular complexity index is 687. The van der Waals surface area contributed by atoms with Crippen molar-refractivity contribution in [1.82, 2.24) is 0 Å². The van der Waals surface area contributed by atoms with Gasteiger partial charge in [0, 0.05) is 11.8 Å². The molecule has 0 spiro atoms. The third-order valence-corrected chi connectivity index (χ3v) is 8.71. The fraction of sp³-hybridized carbons (Fsp3) is 0.810. The molecule has 0 aromatic heterocycles. The van der Waals surface area contributed by atoms with Crippen LogP contribution in [0.3, 0.4) is 0 Å². The van der Waals surface area contributed by atoms with E-state index in [9.17, 15) is 24.2 Å². The van der Waals surface area contributed by atoms with Gasteiger partial charge in [-0.2, -0.15) is 0 Å². The van der Waals surface area contributed by atoms with Crippen molar-refractivity contribution in [2.45, 2.75) is 70.6 Å². The number of alkyl halides is 1. The zero-order valence-corrected chi connectivity index (χ0v) is 15.6. The summed E-state index contributed by atoms with van der Waals surface area (Å²) in [6, 6.07) is 0. The Balaban J connectivity index is 1.71. The molecule has 0 saturated heterocycles. The number of allylic oxidation sites excluding steroid dienone is 1. The molecule has 3 fully saturated rings. The summed E-state index contributed by atoms with van der Waals surface area (Å²) in [7, 11) is 0. The molecule has 3 saturated carbocycles. The zero-order valence-electron chi connectivity index (χ0n) is 15.6. The first-order valence-corrected chi connectivity index (χ1v) is 9.93. The fourth-order valence-electron chi connectivity index (χ4n) is 7.15. The predicted octanol–water partition coefficient (Wildman–Crippen LogP) is 2.76. The van der Waals surface area contributed by atoms with Gasteiger partial charge in [-0.25, -0.2) is 4.39 Å². The number of hydrogen-bond acceptors (Lipinski definition) is 4. The second-order valence-corrected chi connectivity index (χ2v) is 9.48. The average Bonchev–Trinajstić information content (AvgIpc) is 2.83. The van der Waals surface area contributed by atoms with Gasteiger partial charge in [0.1, 0.15) is 12.8 Å². The first kappa shape index (κ1) is 18.3. The molecule has 4 nitrogen and oxygen atoms in total. The lowest BCUT2D eigenvalue weighted by atomic mass is 9.46. The van der Waals surface area contributed by atoms with Crippen molar-refractivity contribution in [2.75, 3.05) is 6.61 Å². The van der Waals surface area contributed by atoms with Gasteiger partial charge in [0.25, 0.3) is 0 Å². The third kappa shape index (κ3) is 2.07. The van der Waals surface area contributed by atoms with Crippen LogP contribution in [0.15, 0.2) is 11.6 Å². The number of hydrogen-bond donors (Lipinski definition) is 2. The van der Waals surface area contributed by atoms with Crippen LogP contribution in [0.5, 0.6) is 0 Å². The summed E-state index contributed by atoms with van der Waals surface area (Å²) in [5, 5.41) is 20.4. The highest BCUT2D eigenvalue weighted by molar-refractivity contribution is 5.92. The standard InChI is InChI=1S/C21H29FO4/c1-19-7-5-13(24)9-12(19)3-4-14-15(19)6-8-20(2)16(14)10-17(22)21(20,26)18(25)11-23/h9,14-17,23,26H,3-8,10-11H2,1-2H3/t14-,15+,16+,17-,19+,20+,21-/m1/s1. The van der Waals surface area contributed by atoms with Crippen LogP contribution in [0.1, 0.15) is 58.8 Å². The Morgan fingerprint density at radius 2 is 1.96 bits per heavy atom. The molecule has 0 aromatic carbocycles. The molecule has 5 heteroatoms. The molecule has 0 heterocycles. The van der Waals surface area contributed by atoms with E-state index in [-0.39, 0.29) is 29.5 Å². The first-order valence-electron chi connectivity index (χ1n) is 9.93. The van der Waals surface area contributed by atoms with E-state index >= 15 is 0 Å². The summed E-state index contributed by atoms with van der Waals surface area (Å²) in [5.41, 5.74) is -1.67. The molecule has 0 aromatic rings. The van der Waals surface area contributed by atoms with E-state index in [0.29, 0.717) is 18.8 Å². The monoisotopic (exact) mass is 364 g/mol. The lowest BCUT2D eigenvalue weighted by molar-refractivity contribution is -0.172. The SMILES string of the molecule is C[C@]12CCC(=O)C=C1CC[C@@H]1[C@@H]2CC[C@@]2(C)[C@H]1C[C@@H](F)[C@@]2(O)C(=O)CO. The van der Waals surface area contributed by atoms with E-state index in [1.165, 1.54) is 5.57 Å². The maximum absolute atomic E-state index is 15.0. The summed E-state index contributed by atoms with van der Waals surface area (Å²) in [6.45, 7) is 3.27. The molecule has 4 aliphatic rings. The van der Waals surface area contributed by atoms with Crippen LogP contribution in [0.25, 0.3) is 0 Å². The number of ketones is 2. The van der Waals surface area contributed by atoms with Crippen molar-refractivity contribution >= 4 is 11.6 Å². The smallest absolute Gasteiger partial charge is 0.193 e. The molecule has 2 N–H and O–H groups in total. The van der Waals surface area contributed by atoms with Gasteiger partial charge in [-0.05, 0) is 67.8 Å². The van der Waals surface area contributed by atoms with Crippen molar-refractivity contribution in [3.05, 3.63) is 11.6 Å². The number of aliphatic hydroxyl groups is 2. The van der Waals surface area contributed by atoms with Gasteiger partial charge in [-0.15, -0.1) is 0 Å². The summed E-state index contributed by atoms with van der Waals surface area (Å²) in [4.78, 5) is 24.2. The van der Waals surface area contributed by atoms with Gasteiger partial charge in [0.2, 0.25) is 0 Å². The predicted molar refractivity (Wildman–Crippen MR) is 94.0 cm³/mol. The minimum Gasteiger partial charge on any atom is -0.388 e. The highest BCUT2D eigenvalue weighted by atomic mass is 19.1. The van der Waals surface area contributed by atoms with E-state index in [0.717, 1.165) is 25.7 Å². The Morgan fingerprint density at radius 1 is 1.23 bits per heavy atom. The lowest BCUT2D eigenvalue weighted by Crippen LogP contribution is -2.60. The Hall–Kier alpha value is -1.07. The maximum atomic E-state index is 15.0. The Kier molecular flexibility index (Phi) is 4.02. The number of carbonyl (C=O) groups is 2. The van der Waals surface area contributed by atoms with Crippen molar-refractivity contribution < 1.29 is 24.2 Å². The van der Waals surface area contributed by atoms with Gasteiger partial charge in [0.15, 0.2) is 17.2 Å². The molecule has 26 heavy (non-hydrogen) atoms. The van der Waals surface area contributed by atoms with Crippen molar-refractivity contribution in [3.8, 4) is 0 Å². The topological polar surface area (TPSA) is 74.6 Å². The van der Waals surface area contributed by atoms with Crippen LogP contribution in [0, 0.1) is 28.6 Å². The number of aliphatic hydroxyl groups excluding tert-OH is 1. The Morgan fingerprint density at radius 3 is 2.65 bits per heavy atom. The van der Waals surface area contributed by atoms with Gasteiger partial charge >= 0.3 is 0 Å². The van der Waals surface area contributed by atoms with Crippen LogP contribution in [-0.2, 0) is 9.59 Å². The highest BCUT2D eigenvalue weighted by Crippen LogP contribution is 2.68. The second-order valence-electron chi connectivity index (χ2n) is 9.48. The molecular weight excluding hydrogens is 335 g/mol. The van der Waals surface area contributed by atoms with Crippen LogP contribution < -0.4 is 0 Å². The summed E-state index contributed by atoms with van der Waals surface area (Å²) >= 11 is 0. The van der Waals surface area contributed by atoms with Gasteiger partial charge in [0.05, 0.1) is 0 Å². The summed E-state index contributed by atoms with van der Waals surface area (Å²) in [6.07, 6.45) is 4.97. The van der Waals surface area contributed by atoms with Crippen LogP contribution in [-0.4, -0.2) is 40.2 Å². The van der Waals surface area contributed by atoms with Crippen molar-refractivity contribution in [3.63, 3.8) is 0 Å². The average molecular weight is 364 g/mol. The van der Waals surface area contributed by atoms with E-state index < -0.39 is 29.6 Å². The van der Waals surface area contributed by atoms with Gasteiger partial charge < -0.3 is 10.2 Å². The third-order valence-electron chi connectivity index (χ3n) is 8.71. The first-order chi connectivity index (χ1) is 12.2. The molecule has 4 aliphatic carbocycles. The van der Waals surface area contributed by atoms with Crippen LogP contribution >= 0.6 is 0 Å². The molecule has 0 radical (unpaired) electrons. The van der Waals surface area contributed by atoms with Gasteiger partial charge in [-0.1, -0.05) is 19.4 Å². The molecule has 0 amide bonds. The molecule has 0 unspecified atom stereocenters. The van der Waals surface area contributed by atoms with Crippen molar-refractivity contribution in [2.24, 2.45) is 28.6 Å². The van der Waals surface area contributed by atoms with Gasteiger partial charge in [-0.3, -0.25) is 9.59 Å².